The second-order valence-corrected chi connectivity index (χ2v) is 6.77. The largest absolute Gasteiger partial charge is 0.487 e. The summed E-state index contributed by atoms with van der Waals surface area (Å²) in [6, 6.07) is 20.5. The molecule has 0 aliphatic rings. The van der Waals surface area contributed by atoms with Crippen molar-refractivity contribution in [2.75, 3.05) is 0 Å². The molecule has 0 unspecified atom stereocenters. The summed E-state index contributed by atoms with van der Waals surface area (Å²) in [6.07, 6.45) is 1.46. The van der Waals surface area contributed by atoms with Crippen LogP contribution in [-0.4, -0.2) is 32.3 Å². The lowest BCUT2D eigenvalue weighted by molar-refractivity contribution is 0.0652. The Balaban J connectivity index is 1.94. The fourth-order valence-corrected chi connectivity index (χ4v) is 3.49. The van der Waals surface area contributed by atoms with Gasteiger partial charge in [-0.25, -0.2) is 9.59 Å². The Hall–Kier alpha value is -4.39. The van der Waals surface area contributed by atoms with Crippen LogP contribution in [0.3, 0.4) is 0 Å². The maximum Gasteiger partial charge on any atom is 0.338 e. The van der Waals surface area contributed by atoms with Crippen LogP contribution in [0.25, 0.3) is 5.52 Å². The number of aromatic nitrogens is 1. The number of ether oxygens (including phenoxy) is 1. The second kappa shape index (κ2) is 8.16. The van der Waals surface area contributed by atoms with E-state index in [1.807, 2.05) is 30.3 Å². The van der Waals surface area contributed by atoms with Gasteiger partial charge in [-0.2, -0.15) is 0 Å². The van der Waals surface area contributed by atoms with Gasteiger partial charge >= 0.3 is 11.9 Å². The number of rotatable bonds is 7. The molecule has 2 aromatic carbocycles. The monoisotopic (exact) mass is 415 g/mol. The summed E-state index contributed by atoms with van der Waals surface area (Å²) in [5.41, 5.74) is -0.185. The highest BCUT2D eigenvalue weighted by Gasteiger charge is 2.33. The average Bonchev–Trinajstić information content (AvgIpc) is 3.15. The molecule has 7 heteroatoms. The van der Waals surface area contributed by atoms with E-state index in [-0.39, 0.29) is 29.1 Å². The molecule has 0 amide bonds. The minimum absolute atomic E-state index is 0.0163. The fourth-order valence-electron chi connectivity index (χ4n) is 3.49. The van der Waals surface area contributed by atoms with Gasteiger partial charge in [-0.05, 0) is 17.7 Å². The van der Waals surface area contributed by atoms with Crippen LogP contribution in [-0.2, 0) is 6.61 Å². The van der Waals surface area contributed by atoms with E-state index in [1.54, 1.807) is 42.5 Å². The van der Waals surface area contributed by atoms with Gasteiger partial charge in [-0.3, -0.25) is 4.79 Å². The molecule has 0 saturated heterocycles. The molecule has 0 fully saturated rings. The summed E-state index contributed by atoms with van der Waals surface area (Å²) in [5, 5.41) is 19.7. The van der Waals surface area contributed by atoms with Gasteiger partial charge in [0.25, 0.3) is 0 Å². The first-order valence-corrected chi connectivity index (χ1v) is 9.39. The summed E-state index contributed by atoms with van der Waals surface area (Å²) in [6.45, 7) is 0.148. The van der Waals surface area contributed by atoms with Crippen molar-refractivity contribution in [2.24, 2.45) is 0 Å². The average molecular weight is 415 g/mol. The third kappa shape index (κ3) is 3.64. The predicted octanol–water partition coefficient (Wildman–Crippen LogP) is 4.15. The summed E-state index contributed by atoms with van der Waals surface area (Å²) in [5.74, 6) is -3.40. The Bertz CT molecular complexity index is 1290. The summed E-state index contributed by atoms with van der Waals surface area (Å²) in [4.78, 5) is 37.4. The molecule has 4 rings (SSSR count). The number of benzene rings is 2. The van der Waals surface area contributed by atoms with Gasteiger partial charge in [0.05, 0.1) is 0 Å². The molecule has 4 aromatic rings. The zero-order valence-electron chi connectivity index (χ0n) is 16.2. The van der Waals surface area contributed by atoms with Gasteiger partial charge in [-0.15, -0.1) is 0 Å². The lowest BCUT2D eigenvalue weighted by Crippen LogP contribution is -2.13. The number of pyridine rings is 1. The number of aromatic carboxylic acids is 2. The fraction of sp³-hybridized carbons (Fsp3) is 0.0417. The summed E-state index contributed by atoms with van der Waals surface area (Å²) in [7, 11) is 0. The third-order valence-corrected chi connectivity index (χ3v) is 4.84. The van der Waals surface area contributed by atoms with E-state index in [1.165, 1.54) is 10.6 Å². The highest BCUT2D eigenvalue weighted by molar-refractivity contribution is 6.19. The quantitative estimate of drug-likeness (QED) is 0.440. The minimum atomic E-state index is -1.51. The molecular formula is C24H17NO6. The zero-order valence-corrected chi connectivity index (χ0v) is 16.2. The van der Waals surface area contributed by atoms with Gasteiger partial charge in [0, 0.05) is 11.8 Å². The predicted molar refractivity (Wildman–Crippen MR) is 112 cm³/mol. The molecule has 0 spiro atoms. The molecule has 0 atom stereocenters. The smallest absolute Gasteiger partial charge is 0.338 e. The lowest BCUT2D eigenvalue weighted by Gasteiger charge is -2.10. The van der Waals surface area contributed by atoms with Crippen molar-refractivity contribution in [2.45, 2.75) is 6.61 Å². The molecule has 154 valence electrons. The molecule has 2 N–H and O–H groups in total. The van der Waals surface area contributed by atoms with Crippen molar-refractivity contribution >= 4 is 23.2 Å². The minimum Gasteiger partial charge on any atom is -0.487 e. The van der Waals surface area contributed by atoms with Crippen LogP contribution in [0.15, 0.2) is 79.0 Å². The number of ketones is 1. The van der Waals surface area contributed by atoms with E-state index in [0.717, 1.165) is 5.56 Å². The molecule has 0 bridgehead atoms. The first-order valence-electron chi connectivity index (χ1n) is 9.39. The van der Waals surface area contributed by atoms with Gasteiger partial charge in [0.1, 0.15) is 34.7 Å². The first-order chi connectivity index (χ1) is 15.0. The topological polar surface area (TPSA) is 105 Å². The van der Waals surface area contributed by atoms with E-state index in [0.29, 0.717) is 0 Å². The molecule has 0 aliphatic carbocycles. The van der Waals surface area contributed by atoms with Crippen LogP contribution in [0, 0.1) is 0 Å². The zero-order chi connectivity index (χ0) is 22.0. The van der Waals surface area contributed by atoms with E-state index < -0.39 is 28.8 Å². The first kappa shape index (κ1) is 19.9. The Morgan fingerprint density at radius 1 is 0.774 bits per heavy atom. The number of hydrogen-bond donors (Lipinski definition) is 2. The van der Waals surface area contributed by atoms with E-state index >= 15 is 0 Å². The molecule has 2 heterocycles. The van der Waals surface area contributed by atoms with Crippen molar-refractivity contribution in [3.05, 3.63) is 107 Å². The number of fused-ring (bicyclic) bond motifs is 1. The van der Waals surface area contributed by atoms with Crippen LogP contribution in [0.1, 0.15) is 42.3 Å². The van der Waals surface area contributed by atoms with Crippen molar-refractivity contribution < 1.29 is 29.3 Å². The molecular weight excluding hydrogens is 398 g/mol. The molecule has 0 saturated carbocycles. The molecule has 0 radical (unpaired) electrons. The number of carboxylic acid groups (broad SMARTS) is 2. The normalized spacial score (nSPS) is 10.7. The van der Waals surface area contributed by atoms with Gasteiger partial charge in [-0.1, -0.05) is 60.7 Å². The lowest BCUT2D eigenvalue weighted by atomic mass is 10.0. The Labute approximate surface area is 176 Å². The maximum atomic E-state index is 13.2. The molecule has 7 nitrogen and oxygen atoms in total. The Morgan fingerprint density at radius 3 is 2.00 bits per heavy atom. The third-order valence-electron chi connectivity index (χ3n) is 4.84. The number of carbonyl (C=O) groups is 3. The SMILES string of the molecule is O=C(O)c1c(C(=O)O)c2c(OCc3ccccc3)cccn2c1C(=O)c1ccccc1. The van der Waals surface area contributed by atoms with Crippen molar-refractivity contribution in [3.8, 4) is 5.75 Å². The van der Waals surface area contributed by atoms with Gasteiger partial charge < -0.3 is 19.4 Å². The summed E-state index contributed by atoms with van der Waals surface area (Å²) < 4.78 is 7.12. The van der Waals surface area contributed by atoms with Crippen molar-refractivity contribution in [1.29, 1.82) is 0 Å². The van der Waals surface area contributed by atoms with Crippen LogP contribution in [0.5, 0.6) is 5.75 Å². The number of hydrogen-bond acceptors (Lipinski definition) is 4. The van der Waals surface area contributed by atoms with E-state index in [4.69, 9.17) is 4.74 Å². The number of nitrogens with zero attached hydrogens (tertiary/aromatic N) is 1. The van der Waals surface area contributed by atoms with Crippen molar-refractivity contribution in [1.82, 2.24) is 4.40 Å². The van der Waals surface area contributed by atoms with Crippen molar-refractivity contribution in [3.63, 3.8) is 0 Å². The molecule has 0 aliphatic heterocycles. The highest BCUT2D eigenvalue weighted by Crippen LogP contribution is 2.33. The Kier molecular flexibility index (Phi) is 5.24. The van der Waals surface area contributed by atoms with Crippen LogP contribution >= 0.6 is 0 Å². The number of carbonyl (C=O) groups excluding carboxylic acids is 1. The Morgan fingerprint density at radius 2 is 1.39 bits per heavy atom. The van der Waals surface area contributed by atoms with Crippen LogP contribution in [0.2, 0.25) is 0 Å². The second-order valence-electron chi connectivity index (χ2n) is 6.77. The van der Waals surface area contributed by atoms with Crippen LogP contribution < -0.4 is 4.74 Å². The highest BCUT2D eigenvalue weighted by atomic mass is 16.5. The number of carboxylic acids is 2. The standard InChI is InChI=1S/C24H17NO6/c26-22(16-10-5-2-6-11-16)21-19(24(29)30)18(23(27)28)20-17(12-7-13-25(20)21)31-14-15-8-3-1-4-9-15/h1-13H,14H2,(H,27,28)(H,29,30). The van der Waals surface area contributed by atoms with E-state index in [2.05, 4.69) is 0 Å². The van der Waals surface area contributed by atoms with Gasteiger partial charge in [0.2, 0.25) is 5.78 Å². The molecule has 2 aromatic heterocycles. The maximum absolute atomic E-state index is 13.2. The summed E-state index contributed by atoms with van der Waals surface area (Å²) >= 11 is 0. The van der Waals surface area contributed by atoms with Gasteiger partial charge in [0.15, 0.2) is 0 Å². The van der Waals surface area contributed by atoms with E-state index in [9.17, 15) is 24.6 Å². The van der Waals surface area contributed by atoms with Crippen LogP contribution in [0.4, 0.5) is 0 Å². The molecule has 31 heavy (non-hydrogen) atoms.